The lowest BCUT2D eigenvalue weighted by molar-refractivity contribution is 0.448. The summed E-state index contributed by atoms with van der Waals surface area (Å²) >= 11 is 0. The van der Waals surface area contributed by atoms with Crippen molar-refractivity contribution in [2.24, 2.45) is 0 Å². The van der Waals surface area contributed by atoms with E-state index in [4.69, 9.17) is 20.9 Å². The standard InChI is InChI=1S/C18H16N2O4/c19-15-6-4-14(10-18(15)22)24-12-3-1-2-11(8-12)23-13-5-7-17(21)16(20)9-13/h1-10,21-22H,19-20H2. The van der Waals surface area contributed by atoms with Gasteiger partial charge in [-0.05, 0) is 36.4 Å². The van der Waals surface area contributed by atoms with Gasteiger partial charge in [0.25, 0.3) is 0 Å². The van der Waals surface area contributed by atoms with Gasteiger partial charge in [0, 0.05) is 18.2 Å². The second-order valence-corrected chi connectivity index (χ2v) is 5.12. The summed E-state index contributed by atoms with van der Waals surface area (Å²) in [5.41, 5.74) is 11.7. The van der Waals surface area contributed by atoms with Crippen LogP contribution in [0.1, 0.15) is 0 Å². The molecule has 3 aromatic rings. The molecule has 0 atom stereocenters. The molecule has 3 aromatic carbocycles. The third-order valence-electron chi connectivity index (χ3n) is 3.28. The zero-order chi connectivity index (χ0) is 17.1. The average Bonchev–Trinajstić information content (AvgIpc) is 2.55. The first-order valence-electron chi connectivity index (χ1n) is 7.14. The fourth-order valence-electron chi connectivity index (χ4n) is 2.06. The smallest absolute Gasteiger partial charge is 0.142 e. The summed E-state index contributed by atoms with van der Waals surface area (Å²) in [7, 11) is 0. The van der Waals surface area contributed by atoms with Gasteiger partial charge in [-0.3, -0.25) is 0 Å². The van der Waals surface area contributed by atoms with E-state index in [-0.39, 0.29) is 22.9 Å². The van der Waals surface area contributed by atoms with Crippen LogP contribution >= 0.6 is 0 Å². The molecule has 0 saturated carbocycles. The third-order valence-corrected chi connectivity index (χ3v) is 3.28. The van der Waals surface area contributed by atoms with Crippen molar-refractivity contribution >= 4 is 11.4 Å². The van der Waals surface area contributed by atoms with Crippen LogP contribution in [0.4, 0.5) is 11.4 Å². The Morgan fingerprint density at radius 1 is 0.583 bits per heavy atom. The first-order chi connectivity index (χ1) is 11.5. The fourth-order valence-corrected chi connectivity index (χ4v) is 2.06. The molecular formula is C18H16N2O4. The van der Waals surface area contributed by atoms with Gasteiger partial charge in [0.05, 0.1) is 11.4 Å². The zero-order valence-electron chi connectivity index (χ0n) is 12.6. The van der Waals surface area contributed by atoms with E-state index in [2.05, 4.69) is 0 Å². The quantitative estimate of drug-likeness (QED) is 0.428. The van der Waals surface area contributed by atoms with Crippen LogP contribution in [-0.2, 0) is 0 Å². The van der Waals surface area contributed by atoms with E-state index < -0.39 is 0 Å². The Kier molecular flexibility index (Phi) is 4.03. The molecule has 122 valence electrons. The van der Waals surface area contributed by atoms with Crippen LogP contribution in [0.2, 0.25) is 0 Å². The van der Waals surface area contributed by atoms with E-state index in [9.17, 15) is 10.2 Å². The lowest BCUT2D eigenvalue weighted by Gasteiger charge is -2.10. The van der Waals surface area contributed by atoms with Crippen LogP contribution in [0.15, 0.2) is 60.7 Å². The molecule has 24 heavy (non-hydrogen) atoms. The summed E-state index contributed by atoms with van der Waals surface area (Å²) in [6.45, 7) is 0. The lowest BCUT2D eigenvalue weighted by atomic mass is 10.2. The van der Waals surface area contributed by atoms with Crippen molar-refractivity contribution in [2.45, 2.75) is 0 Å². The van der Waals surface area contributed by atoms with Crippen LogP contribution in [0.3, 0.4) is 0 Å². The van der Waals surface area contributed by atoms with E-state index in [0.717, 1.165) is 0 Å². The summed E-state index contributed by atoms with van der Waals surface area (Å²) in [5, 5.41) is 19.0. The van der Waals surface area contributed by atoms with E-state index >= 15 is 0 Å². The number of nitrogens with two attached hydrogens (primary N) is 2. The summed E-state index contributed by atoms with van der Waals surface area (Å²) in [4.78, 5) is 0. The first kappa shape index (κ1) is 15.4. The number of anilines is 2. The van der Waals surface area contributed by atoms with E-state index in [0.29, 0.717) is 23.0 Å². The molecule has 3 rings (SSSR count). The highest BCUT2D eigenvalue weighted by Gasteiger charge is 2.05. The highest BCUT2D eigenvalue weighted by Crippen LogP contribution is 2.33. The maximum Gasteiger partial charge on any atom is 0.142 e. The van der Waals surface area contributed by atoms with Crippen LogP contribution in [0.5, 0.6) is 34.5 Å². The Morgan fingerprint density at radius 2 is 1.17 bits per heavy atom. The molecule has 0 bridgehead atoms. The highest BCUT2D eigenvalue weighted by atomic mass is 16.5. The molecule has 0 heterocycles. The predicted octanol–water partition coefficient (Wildman–Crippen LogP) is 3.85. The molecule has 0 saturated heterocycles. The van der Waals surface area contributed by atoms with Crippen LogP contribution in [0.25, 0.3) is 0 Å². The second kappa shape index (κ2) is 6.29. The van der Waals surface area contributed by atoms with Crippen molar-refractivity contribution in [3.63, 3.8) is 0 Å². The van der Waals surface area contributed by atoms with Gasteiger partial charge in [0.2, 0.25) is 0 Å². The van der Waals surface area contributed by atoms with Gasteiger partial charge in [0.15, 0.2) is 0 Å². The zero-order valence-corrected chi connectivity index (χ0v) is 12.6. The van der Waals surface area contributed by atoms with Gasteiger partial charge in [0.1, 0.15) is 34.5 Å². The van der Waals surface area contributed by atoms with Gasteiger partial charge in [-0.2, -0.15) is 0 Å². The number of benzene rings is 3. The lowest BCUT2D eigenvalue weighted by Crippen LogP contribution is -1.90. The van der Waals surface area contributed by atoms with Gasteiger partial charge in [-0.1, -0.05) is 6.07 Å². The van der Waals surface area contributed by atoms with Gasteiger partial charge >= 0.3 is 0 Å². The molecule has 0 aliphatic rings. The molecule has 0 amide bonds. The van der Waals surface area contributed by atoms with Crippen molar-refractivity contribution in [1.29, 1.82) is 0 Å². The summed E-state index contributed by atoms with van der Waals surface area (Å²) in [6.07, 6.45) is 0. The Balaban J connectivity index is 1.78. The van der Waals surface area contributed by atoms with Gasteiger partial charge < -0.3 is 31.2 Å². The molecule has 0 radical (unpaired) electrons. The predicted molar refractivity (Wildman–Crippen MR) is 91.6 cm³/mol. The fraction of sp³-hybridized carbons (Fsp3) is 0. The Labute approximate surface area is 138 Å². The molecule has 0 fully saturated rings. The van der Waals surface area contributed by atoms with Crippen LogP contribution in [0, 0.1) is 0 Å². The van der Waals surface area contributed by atoms with Crippen LogP contribution < -0.4 is 20.9 Å². The van der Waals surface area contributed by atoms with Crippen molar-refractivity contribution in [2.75, 3.05) is 11.5 Å². The monoisotopic (exact) mass is 324 g/mol. The minimum absolute atomic E-state index is 0.00240. The minimum Gasteiger partial charge on any atom is -0.506 e. The molecule has 0 aliphatic heterocycles. The summed E-state index contributed by atoms with van der Waals surface area (Å²) in [6, 6.07) is 16.2. The number of rotatable bonds is 4. The molecule has 0 aliphatic carbocycles. The van der Waals surface area contributed by atoms with Gasteiger partial charge in [-0.25, -0.2) is 0 Å². The van der Waals surface area contributed by atoms with E-state index in [1.165, 1.54) is 18.2 Å². The van der Waals surface area contributed by atoms with Crippen molar-refractivity contribution < 1.29 is 19.7 Å². The summed E-state index contributed by atoms with van der Waals surface area (Å²) < 4.78 is 11.4. The molecular weight excluding hydrogens is 308 g/mol. The first-order valence-corrected chi connectivity index (χ1v) is 7.14. The second-order valence-electron chi connectivity index (χ2n) is 5.12. The summed E-state index contributed by atoms with van der Waals surface area (Å²) in [5.74, 6) is 1.98. The molecule has 6 N–H and O–H groups in total. The number of phenolic OH excluding ortho intramolecular Hbond substituents is 2. The normalized spacial score (nSPS) is 10.3. The topological polar surface area (TPSA) is 111 Å². The Hall–Kier alpha value is -3.54. The number of hydrogen-bond donors (Lipinski definition) is 4. The Morgan fingerprint density at radius 3 is 1.79 bits per heavy atom. The third kappa shape index (κ3) is 3.44. The van der Waals surface area contributed by atoms with Crippen LogP contribution in [-0.4, -0.2) is 10.2 Å². The molecule has 6 heteroatoms. The highest BCUT2D eigenvalue weighted by molar-refractivity contribution is 5.56. The van der Waals surface area contributed by atoms with E-state index in [1.807, 2.05) is 0 Å². The molecule has 6 nitrogen and oxygen atoms in total. The SMILES string of the molecule is Nc1cc(Oc2cccc(Oc3ccc(N)c(O)c3)c2)ccc1O. The Bertz CT molecular complexity index is 812. The maximum absolute atomic E-state index is 9.61. The number of hydrogen-bond acceptors (Lipinski definition) is 6. The van der Waals surface area contributed by atoms with Crippen molar-refractivity contribution in [3.8, 4) is 34.5 Å². The number of phenols is 2. The molecule has 0 spiro atoms. The average molecular weight is 324 g/mol. The molecule has 0 aromatic heterocycles. The van der Waals surface area contributed by atoms with Crippen molar-refractivity contribution in [1.82, 2.24) is 0 Å². The van der Waals surface area contributed by atoms with Crippen molar-refractivity contribution in [3.05, 3.63) is 60.7 Å². The molecule has 0 unspecified atom stereocenters. The van der Waals surface area contributed by atoms with E-state index in [1.54, 1.807) is 42.5 Å². The number of aromatic hydroxyl groups is 2. The number of ether oxygens (including phenoxy) is 2. The van der Waals surface area contributed by atoms with Gasteiger partial charge in [-0.15, -0.1) is 0 Å². The number of nitrogen functional groups attached to an aromatic ring is 2. The largest absolute Gasteiger partial charge is 0.506 e. The minimum atomic E-state index is -0.0422. The maximum atomic E-state index is 9.61.